The van der Waals surface area contributed by atoms with Crippen molar-refractivity contribution >= 4 is 11.2 Å². The maximum Gasteiger partial charge on any atom is 0.177 e. The fourth-order valence-corrected chi connectivity index (χ4v) is 2.07. The van der Waals surface area contributed by atoms with Crippen LogP contribution >= 0.6 is 0 Å². The van der Waals surface area contributed by atoms with Crippen molar-refractivity contribution in [3.8, 4) is 0 Å². The quantitative estimate of drug-likeness (QED) is 0.784. The topological polar surface area (TPSA) is 41.6 Å². The summed E-state index contributed by atoms with van der Waals surface area (Å²) in [5, 5.41) is 0. The Labute approximate surface area is 82.6 Å². The molecule has 1 fully saturated rings. The van der Waals surface area contributed by atoms with Gasteiger partial charge >= 0.3 is 0 Å². The second-order valence-corrected chi connectivity index (χ2v) is 4.01. The highest BCUT2D eigenvalue weighted by molar-refractivity contribution is 5.70. The van der Waals surface area contributed by atoms with Gasteiger partial charge in [0.25, 0.3) is 0 Å². The Morgan fingerprint density at radius 2 is 2.50 bits per heavy atom. The van der Waals surface area contributed by atoms with Gasteiger partial charge in [-0.1, -0.05) is 13.3 Å². The summed E-state index contributed by atoms with van der Waals surface area (Å²) in [4.78, 5) is 12.1. The molecule has 1 N–H and O–H groups in total. The van der Waals surface area contributed by atoms with Gasteiger partial charge in [0.1, 0.15) is 5.82 Å². The van der Waals surface area contributed by atoms with Gasteiger partial charge in [0, 0.05) is 12.1 Å². The highest BCUT2D eigenvalue weighted by atomic mass is 15.0. The van der Waals surface area contributed by atoms with Crippen molar-refractivity contribution in [2.75, 3.05) is 0 Å². The maximum absolute atomic E-state index is 4.51. The van der Waals surface area contributed by atoms with E-state index in [9.17, 15) is 0 Å². The summed E-state index contributed by atoms with van der Waals surface area (Å²) in [7, 11) is 0. The lowest BCUT2D eigenvalue weighted by Crippen LogP contribution is -1.84. The molecule has 2 aromatic heterocycles. The molecule has 0 aromatic carbocycles. The van der Waals surface area contributed by atoms with E-state index in [4.69, 9.17) is 0 Å². The summed E-state index contributed by atoms with van der Waals surface area (Å²) in [6.07, 6.45) is 4.34. The summed E-state index contributed by atoms with van der Waals surface area (Å²) >= 11 is 0. The molecule has 3 rings (SSSR count). The zero-order valence-corrected chi connectivity index (χ0v) is 8.20. The van der Waals surface area contributed by atoms with Crippen LogP contribution in [-0.4, -0.2) is 15.0 Å². The monoisotopic (exact) mass is 187 g/mol. The van der Waals surface area contributed by atoms with E-state index in [0.29, 0.717) is 5.92 Å². The van der Waals surface area contributed by atoms with Gasteiger partial charge in [-0.3, -0.25) is 0 Å². The van der Waals surface area contributed by atoms with Gasteiger partial charge in [0.2, 0.25) is 0 Å². The molecule has 0 amide bonds. The largest absolute Gasteiger partial charge is 0.340 e. The first kappa shape index (κ1) is 7.97. The van der Waals surface area contributed by atoms with E-state index in [1.54, 1.807) is 6.20 Å². The Kier molecular flexibility index (Phi) is 1.60. The van der Waals surface area contributed by atoms with E-state index in [0.717, 1.165) is 22.9 Å². The molecule has 1 aliphatic carbocycles. The zero-order valence-electron chi connectivity index (χ0n) is 8.20. The number of rotatable bonds is 2. The van der Waals surface area contributed by atoms with Crippen LogP contribution in [0.2, 0.25) is 0 Å². The number of nitrogens with zero attached hydrogens (tertiary/aromatic N) is 2. The number of imidazole rings is 1. The van der Waals surface area contributed by atoms with E-state index in [1.165, 1.54) is 12.8 Å². The summed E-state index contributed by atoms with van der Waals surface area (Å²) in [5.74, 6) is 2.63. The molecule has 2 unspecified atom stereocenters. The van der Waals surface area contributed by atoms with Gasteiger partial charge in [0.05, 0.1) is 5.52 Å². The summed E-state index contributed by atoms with van der Waals surface area (Å²) in [6, 6.07) is 3.97. The van der Waals surface area contributed by atoms with Gasteiger partial charge in [0.15, 0.2) is 5.65 Å². The fourth-order valence-electron chi connectivity index (χ4n) is 2.07. The lowest BCUT2D eigenvalue weighted by Gasteiger charge is -1.89. The smallest absolute Gasteiger partial charge is 0.177 e. The summed E-state index contributed by atoms with van der Waals surface area (Å²) in [6.45, 7) is 2.24. The molecule has 3 nitrogen and oxygen atoms in total. The van der Waals surface area contributed by atoms with Crippen LogP contribution in [0.5, 0.6) is 0 Å². The first-order valence-corrected chi connectivity index (χ1v) is 5.19. The Bertz CT molecular complexity index is 427. The van der Waals surface area contributed by atoms with E-state index in [-0.39, 0.29) is 0 Å². The van der Waals surface area contributed by atoms with E-state index in [1.807, 2.05) is 12.1 Å². The van der Waals surface area contributed by atoms with Crippen LogP contribution in [0.4, 0.5) is 0 Å². The highest BCUT2D eigenvalue weighted by Gasteiger charge is 2.38. The Morgan fingerprint density at radius 3 is 3.21 bits per heavy atom. The fraction of sp³-hybridized carbons (Fsp3) is 0.455. The van der Waals surface area contributed by atoms with E-state index in [2.05, 4.69) is 21.9 Å². The first-order chi connectivity index (χ1) is 6.88. The number of pyridine rings is 1. The molecule has 2 atom stereocenters. The van der Waals surface area contributed by atoms with Crippen LogP contribution in [0.25, 0.3) is 11.2 Å². The molecule has 3 heteroatoms. The van der Waals surface area contributed by atoms with Crippen molar-refractivity contribution in [1.29, 1.82) is 0 Å². The van der Waals surface area contributed by atoms with Gasteiger partial charge in [-0.15, -0.1) is 0 Å². The molecule has 0 bridgehead atoms. The first-order valence-electron chi connectivity index (χ1n) is 5.19. The zero-order chi connectivity index (χ0) is 9.54. The number of hydrogen-bond acceptors (Lipinski definition) is 2. The van der Waals surface area contributed by atoms with Crippen molar-refractivity contribution in [1.82, 2.24) is 15.0 Å². The van der Waals surface area contributed by atoms with Crippen LogP contribution in [0, 0.1) is 5.92 Å². The number of nitrogens with one attached hydrogen (secondary N) is 1. The van der Waals surface area contributed by atoms with Crippen LogP contribution in [0.3, 0.4) is 0 Å². The Hall–Kier alpha value is -1.38. The standard InChI is InChI=1S/C11H13N3/c1-2-7-6-8(7)10-13-9-4-3-5-12-11(9)14-10/h3-5,7-8H,2,6H2,1H3,(H,12,13,14). The van der Waals surface area contributed by atoms with Gasteiger partial charge in [-0.05, 0) is 24.5 Å². The molecule has 0 radical (unpaired) electrons. The SMILES string of the molecule is CCC1CC1c1nc2ncccc2[nH]1. The number of fused-ring (bicyclic) bond motifs is 1. The van der Waals surface area contributed by atoms with Crippen molar-refractivity contribution in [2.24, 2.45) is 5.92 Å². The minimum atomic E-state index is 0.661. The van der Waals surface area contributed by atoms with Crippen molar-refractivity contribution < 1.29 is 0 Å². The minimum Gasteiger partial charge on any atom is -0.340 e. The number of aromatic nitrogens is 3. The van der Waals surface area contributed by atoms with Crippen molar-refractivity contribution in [3.63, 3.8) is 0 Å². The molecular weight excluding hydrogens is 174 g/mol. The number of hydrogen-bond donors (Lipinski definition) is 1. The third kappa shape index (κ3) is 1.12. The Morgan fingerprint density at radius 1 is 1.57 bits per heavy atom. The molecule has 0 spiro atoms. The third-order valence-corrected chi connectivity index (χ3v) is 3.07. The van der Waals surface area contributed by atoms with Gasteiger partial charge in [-0.25, -0.2) is 9.97 Å². The molecule has 2 heterocycles. The predicted octanol–water partition coefficient (Wildman–Crippen LogP) is 2.47. The summed E-state index contributed by atoms with van der Waals surface area (Å²) in [5.41, 5.74) is 1.91. The van der Waals surface area contributed by atoms with E-state index >= 15 is 0 Å². The second kappa shape index (κ2) is 2.80. The van der Waals surface area contributed by atoms with Crippen LogP contribution in [0.1, 0.15) is 31.5 Å². The maximum atomic E-state index is 4.51. The van der Waals surface area contributed by atoms with Crippen molar-refractivity contribution in [3.05, 3.63) is 24.2 Å². The van der Waals surface area contributed by atoms with Crippen LogP contribution in [0.15, 0.2) is 18.3 Å². The molecule has 0 saturated heterocycles. The second-order valence-electron chi connectivity index (χ2n) is 4.01. The molecule has 72 valence electrons. The predicted molar refractivity (Wildman–Crippen MR) is 55.0 cm³/mol. The molecular formula is C11H13N3. The van der Waals surface area contributed by atoms with Crippen molar-refractivity contribution in [2.45, 2.75) is 25.7 Å². The number of H-pyrrole nitrogens is 1. The molecule has 14 heavy (non-hydrogen) atoms. The summed E-state index contributed by atoms with van der Waals surface area (Å²) < 4.78 is 0. The number of aromatic amines is 1. The average Bonchev–Trinajstić information content (AvgIpc) is 2.89. The third-order valence-electron chi connectivity index (χ3n) is 3.07. The molecule has 1 saturated carbocycles. The molecule has 0 aliphatic heterocycles. The highest BCUT2D eigenvalue weighted by Crippen LogP contribution is 2.48. The average molecular weight is 187 g/mol. The normalized spacial score (nSPS) is 25.5. The van der Waals surface area contributed by atoms with E-state index < -0.39 is 0 Å². The molecule has 2 aromatic rings. The van der Waals surface area contributed by atoms with Gasteiger partial charge in [-0.2, -0.15) is 0 Å². The van der Waals surface area contributed by atoms with Crippen LogP contribution < -0.4 is 0 Å². The van der Waals surface area contributed by atoms with Gasteiger partial charge < -0.3 is 4.98 Å². The molecule has 1 aliphatic rings. The minimum absolute atomic E-state index is 0.661. The Balaban J connectivity index is 1.99. The lowest BCUT2D eigenvalue weighted by atomic mass is 10.2. The lowest BCUT2D eigenvalue weighted by molar-refractivity contribution is 0.749. The van der Waals surface area contributed by atoms with Crippen LogP contribution in [-0.2, 0) is 0 Å².